The Morgan fingerprint density at radius 3 is 2.60 bits per heavy atom. The Hall–Kier alpha value is -1.92. The number of hydrogen-bond donors (Lipinski definition) is 2. The van der Waals surface area contributed by atoms with Crippen LogP contribution in [0.15, 0.2) is 0 Å². The van der Waals surface area contributed by atoms with Crippen molar-refractivity contribution in [1.82, 2.24) is 15.5 Å². The van der Waals surface area contributed by atoms with Gasteiger partial charge in [0.2, 0.25) is 17.7 Å². The third kappa shape index (κ3) is 4.99. The van der Waals surface area contributed by atoms with Crippen LogP contribution in [0.1, 0.15) is 32.6 Å². The molecule has 1 heterocycles. The Kier molecular flexibility index (Phi) is 6.69. The van der Waals surface area contributed by atoms with E-state index in [-0.39, 0.29) is 30.6 Å². The first-order valence-electron chi connectivity index (χ1n) is 6.81. The van der Waals surface area contributed by atoms with Gasteiger partial charge in [-0.3, -0.25) is 14.4 Å². The van der Waals surface area contributed by atoms with Crippen molar-refractivity contribution in [3.63, 3.8) is 0 Å². The molecular formula is C13H21N3O4. The first-order chi connectivity index (χ1) is 9.56. The molecule has 1 rings (SSSR count). The number of nitrogens with one attached hydrogen (secondary N) is 2. The quantitative estimate of drug-likeness (QED) is 0.473. The molecule has 3 amide bonds. The molecule has 7 heteroatoms. The zero-order valence-electron chi connectivity index (χ0n) is 11.7. The summed E-state index contributed by atoms with van der Waals surface area (Å²) < 4.78 is 0. The molecule has 0 saturated carbocycles. The fourth-order valence-corrected chi connectivity index (χ4v) is 2.20. The van der Waals surface area contributed by atoms with Gasteiger partial charge in [0.1, 0.15) is 12.3 Å². The van der Waals surface area contributed by atoms with Gasteiger partial charge in [0.15, 0.2) is 0 Å². The number of rotatable bonds is 7. The van der Waals surface area contributed by atoms with Crippen LogP contribution in [0, 0.1) is 0 Å². The van der Waals surface area contributed by atoms with E-state index in [4.69, 9.17) is 0 Å². The Labute approximate surface area is 118 Å². The van der Waals surface area contributed by atoms with Crippen LogP contribution in [-0.4, -0.2) is 54.6 Å². The Morgan fingerprint density at radius 1 is 1.25 bits per heavy atom. The SMILES string of the molecule is CC(=O)N1CCCC1C(=O)NCCNC(=O)CCC=O. The molecule has 0 aromatic carbocycles. The lowest BCUT2D eigenvalue weighted by molar-refractivity contribution is -0.136. The number of aldehydes is 1. The van der Waals surface area contributed by atoms with Gasteiger partial charge in [-0.15, -0.1) is 0 Å². The molecule has 0 radical (unpaired) electrons. The van der Waals surface area contributed by atoms with Crippen molar-refractivity contribution in [3.05, 3.63) is 0 Å². The molecule has 0 aromatic rings. The van der Waals surface area contributed by atoms with E-state index in [0.717, 1.165) is 6.42 Å². The van der Waals surface area contributed by atoms with E-state index in [9.17, 15) is 19.2 Å². The van der Waals surface area contributed by atoms with Crippen molar-refractivity contribution < 1.29 is 19.2 Å². The highest BCUT2D eigenvalue weighted by Gasteiger charge is 2.31. The first-order valence-corrected chi connectivity index (χ1v) is 6.81. The van der Waals surface area contributed by atoms with Crippen LogP contribution >= 0.6 is 0 Å². The van der Waals surface area contributed by atoms with E-state index >= 15 is 0 Å². The molecule has 1 aliphatic rings. The van der Waals surface area contributed by atoms with Crippen molar-refractivity contribution in [2.75, 3.05) is 19.6 Å². The van der Waals surface area contributed by atoms with Crippen LogP contribution in [0.4, 0.5) is 0 Å². The summed E-state index contributed by atoms with van der Waals surface area (Å²) >= 11 is 0. The topological polar surface area (TPSA) is 95.6 Å². The first kappa shape index (κ1) is 16.1. The molecule has 1 saturated heterocycles. The van der Waals surface area contributed by atoms with Crippen molar-refractivity contribution in [1.29, 1.82) is 0 Å². The van der Waals surface area contributed by atoms with Crippen molar-refractivity contribution in [2.45, 2.75) is 38.6 Å². The molecule has 0 bridgehead atoms. The van der Waals surface area contributed by atoms with Gasteiger partial charge in [0.25, 0.3) is 0 Å². The second-order valence-corrected chi connectivity index (χ2v) is 4.72. The molecule has 20 heavy (non-hydrogen) atoms. The predicted octanol–water partition coefficient (Wildman–Crippen LogP) is -0.791. The summed E-state index contributed by atoms with van der Waals surface area (Å²) in [5.41, 5.74) is 0. The molecule has 1 unspecified atom stereocenters. The van der Waals surface area contributed by atoms with Crippen molar-refractivity contribution in [3.8, 4) is 0 Å². The zero-order chi connectivity index (χ0) is 15.0. The molecule has 1 aliphatic heterocycles. The lowest BCUT2D eigenvalue weighted by Crippen LogP contribution is -2.46. The molecule has 112 valence electrons. The maximum atomic E-state index is 11.9. The second-order valence-electron chi connectivity index (χ2n) is 4.72. The lowest BCUT2D eigenvalue weighted by atomic mass is 10.2. The molecule has 0 aliphatic carbocycles. The summed E-state index contributed by atoms with van der Waals surface area (Å²) in [5.74, 6) is -0.484. The van der Waals surface area contributed by atoms with Crippen LogP contribution in [-0.2, 0) is 19.2 Å². The van der Waals surface area contributed by atoms with Gasteiger partial charge in [-0.1, -0.05) is 0 Å². The third-order valence-corrected chi connectivity index (χ3v) is 3.20. The van der Waals surface area contributed by atoms with Crippen LogP contribution in [0.3, 0.4) is 0 Å². The number of carbonyl (C=O) groups is 4. The summed E-state index contributed by atoms with van der Waals surface area (Å²) in [6, 6.07) is -0.390. The molecule has 1 fully saturated rings. The van der Waals surface area contributed by atoms with Crippen molar-refractivity contribution in [2.24, 2.45) is 0 Å². The van der Waals surface area contributed by atoms with Gasteiger partial charge < -0.3 is 20.3 Å². The number of amides is 3. The van der Waals surface area contributed by atoms with Gasteiger partial charge >= 0.3 is 0 Å². The largest absolute Gasteiger partial charge is 0.354 e. The number of carbonyl (C=O) groups excluding carboxylic acids is 4. The van der Waals surface area contributed by atoms with E-state index in [2.05, 4.69) is 10.6 Å². The van der Waals surface area contributed by atoms with Gasteiger partial charge in [0, 0.05) is 39.4 Å². The minimum Gasteiger partial charge on any atom is -0.354 e. The normalized spacial score (nSPS) is 17.6. The van der Waals surface area contributed by atoms with E-state index in [1.54, 1.807) is 4.90 Å². The minimum atomic E-state index is -0.390. The highest BCUT2D eigenvalue weighted by Crippen LogP contribution is 2.16. The maximum absolute atomic E-state index is 11.9. The van der Waals surface area contributed by atoms with Crippen molar-refractivity contribution >= 4 is 24.0 Å². The predicted molar refractivity (Wildman–Crippen MR) is 71.7 cm³/mol. The van der Waals surface area contributed by atoms with Gasteiger partial charge in [0.05, 0.1) is 0 Å². The van der Waals surface area contributed by atoms with Gasteiger partial charge in [-0.05, 0) is 12.8 Å². The monoisotopic (exact) mass is 283 g/mol. The zero-order valence-corrected chi connectivity index (χ0v) is 11.7. The Bertz CT molecular complexity index is 384. The Balaban J connectivity index is 2.21. The van der Waals surface area contributed by atoms with Gasteiger partial charge in [-0.25, -0.2) is 0 Å². The highest BCUT2D eigenvalue weighted by atomic mass is 16.2. The fourth-order valence-electron chi connectivity index (χ4n) is 2.20. The van der Waals surface area contributed by atoms with E-state index in [1.165, 1.54) is 6.92 Å². The summed E-state index contributed by atoms with van der Waals surface area (Å²) in [6.07, 6.45) is 2.57. The van der Waals surface area contributed by atoms with Crippen LogP contribution in [0.2, 0.25) is 0 Å². The van der Waals surface area contributed by atoms with E-state index < -0.39 is 6.04 Å². The standard InChI is InChI=1S/C13H21N3O4/c1-10(18)16-8-2-4-11(16)13(20)15-7-6-14-12(19)5-3-9-17/h9,11H,2-8H2,1H3,(H,14,19)(H,15,20). The molecule has 1 atom stereocenters. The summed E-state index contributed by atoms with van der Waals surface area (Å²) in [7, 11) is 0. The minimum absolute atomic E-state index is 0.0928. The molecule has 2 N–H and O–H groups in total. The fraction of sp³-hybridized carbons (Fsp3) is 0.692. The molecular weight excluding hydrogens is 262 g/mol. The number of hydrogen-bond acceptors (Lipinski definition) is 4. The molecule has 0 spiro atoms. The average molecular weight is 283 g/mol. The van der Waals surface area contributed by atoms with Crippen LogP contribution in [0.25, 0.3) is 0 Å². The smallest absolute Gasteiger partial charge is 0.242 e. The summed E-state index contributed by atoms with van der Waals surface area (Å²) in [4.78, 5) is 46.1. The van der Waals surface area contributed by atoms with E-state index in [1.807, 2.05) is 0 Å². The average Bonchev–Trinajstić information content (AvgIpc) is 2.90. The Morgan fingerprint density at radius 2 is 1.95 bits per heavy atom. The maximum Gasteiger partial charge on any atom is 0.242 e. The molecule has 7 nitrogen and oxygen atoms in total. The number of nitrogens with zero attached hydrogens (tertiary/aromatic N) is 1. The van der Waals surface area contributed by atoms with Crippen LogP contribution < -0.4 is 10.6 Å². The summed E-state index contributed by atoms with van der Waals surface area (Å²) in [5, 5.41) is 5.31. The molecule has 0 aromatic heterocycles. The number of likely N-dealkylation sites (tertiary alicyclic amines) is 1. The lowest BCUT2D eigenvalue weighted by Gasteiger charge is -2.22. The summed E-state index contributed by atoms with van der Waals surface area (Å²) in [6.45, 7) is 2.71. The van der Waals surface area contributed by atoms with E-state index in [0.29, 0.717) is 32.3 Å². The second kappa shape index (κ2) is 8.29. The third-order valence-electron chi connectivity index (χ3n) is 3.20. The van der Waals surface area contributed by atoms with Gasteiger partial charge in [-0.2, -0.15) is 0 Å². The van der Waals surface area contributed by atoms with Crippen LogP contribution in [0.5, 0.6) is 0 Å². The highest BCUT2D eigenvalue weighted by molar-refractivity contribution is 5.87.